The van der Waals surface area contributed by atoms with E-state index in [1.807, 2.05) is 0 Å². The van der Waals surface area contributed by atoms with Crippen molar-refractivity contribution in [2.75, 3.05) is 7.11 Å². The van der Waals surface area contributed by atoms with Crippen molar-refractivity contribution in [2.24, 2.45) is 0 Å². The molecule has 1 aromatic carbocycles. The third-order valence-corrected chi connectivity index (χ3v) is 1.99. The number of hydrogen-bond donors (Lipinski definition) is 0. The summed E-state index contributed by atoms with van der Waals surface area (Å²) < 4.78 is 32.9. The van der Waals surface area contributed by atoms with Crippen LogP contribution >= 0.6 is 0 Å². The van der Waals surface area contributed by atoms with Crippen LogP contribution in [0.25, 0.3) is 0 Å². The van der Waals surface area contributed by atoms with Gasteiger partial charge in [-0.05, 0) is 12.1 Å². The monoisotopic (exact) mass is 255 g/mol. The van der Waals surface area contributed by atoms with Crippen LogP contribution in [0.4, 0.5) is 8.78 Å². The molecule has 0 aromatic heterocycles. The Labute approximate surface area is 101 Å². The summed E-state index contributed by atoms with van der Waals surface area (Å²) in [6, 6.07) is 3.68. The molecule has 0 unspecified atom stereocenters. The molecule has 0 saturated carbocycles. The first-order valence-corrected chi connectivity index (χ1v) is 4.60. The Hall–Kier alpha value is -2.49. The Kier molecular flexibility index (Phi) is 4.32. The second-order valence-electron chi connectivity index (χ2n) is 3.04. The molecule has 1 aromatic rings. The van der Waals surface area contributed by atoms with E-state index >= 15 is 0 Å². The maximum absolute atomic E-state index is 12.2. The standard InChI is InChI=1S/C11H7F2NO4/c1-17-10(16)9-7(5-15)2-6(4-14)3-8(9)18-11(12)13/h2-3,5,11H,1H3. The Balaban J connectivity index is 3.47. The van der Waals surface area contributed by atoms with Crippen molar-refractivity contribution in [1.82, 2.24) is 0 Å². The fraction of sp³-hybridized carbons (Fsp3) is 0.182. The topological polar surface area (TPSA) is 76.4 Å². The van der Waals surface area contributed by atoms with Crippen LogP contribution in [0.1, 0.15) is 26.3 Å². The van der Waals surface area contributed by atoms with Crippen LogP contribution in [-0.4, -0.2) is 26.0 Å². The maximum atomic E-state index is 12.2. The highest BCUT2D eigenvalue weighted by Gasteiger charge is 2.21. The number of aldehydes is 1. The molecular formula is C11H7F2NO4. The number of carbonyl (C=O) groups is 2. The Morgan fingerprint density at radius 3 is 2.61 bits per heavy atom. The lowest BCUT2D eigenvalue weighted by atomic mass is 10.0. The summed E-state index contributed by atoms with van der Waals surface area (Å²) in [7, 11) is 1.03. The molecule has 0 aliphatic heterocycles. The molecule has 0 spiro atoms. The summed E-state index contributed by atoms with van der Waals surface area (Å²) in [5.41, 5.74) is -0.774. The summed E-state index contributed by atoms with van der Waals surface area (Å²) in [5.74, 6) is -1.57. The lowest BCUT2D eigenvalue weighted by molar-refractivity contribution is -0.0504. The van der Waals surface area contributed by atoms with Crippen LogP contribution in [0.15, 0.2) is 12.1 Å². The third-order valence-electron chi connectivity index (χ3n) is 1.99. The zero-order valence-electron chi connectivity index (χ0n) is 9.15. The number of methoxy groups -OCH3 is 1. The summed E-state index contributed by atoms with van der Waals surface area (Å²) in [5, 5.41) is 8.68. The van der Waals surface area contributed by atoms with Gasteiger partial charge in [0.05, 0.1) is 18.7 Å². The van der Waals surface area contributed by atoms with Gasteiger partial charge in [-0.15, -0.1) is 0 Å². The summed E-state index contributed by atoms with van der Waals surface area (Å²) in [4.78, 5) is 22.2. The van der Waals surface area contributed by atoms with Gasteiger partial charge >= 0.3 is 12.6 Å². The van der Waals surface area contributed by atoms with Gasteiger partial charge in [0, 0.05) is 5.56 Å². The summed E-state index contributed by atoms with van der Waals surface area (Å²) in [6.07, 6.45) is 0.255. The number of halogens is 2. The van der Waals surface area contributed by atoms with Crippen molar-refractivity contribution in [1.29, 1.82) is 5.26 Å². The van der Waals surface area contributed by atoms with Crippen LogP contribution < -0.4 is 4.74 Å². The third kappa shape index (κ3) is 2.79. The maximum Gasteiger partial charge on any atom is 0.387 e. The minimum atomic E-state index is -3.19. The van der Waals surface area contributed by atoms with E-state index in [1.165, 1.54) is 0 Å². The van der Waals surface area contributed by atoms with Gasteiger partial charge < -0.3 is 9.47 Å². The number of alkyl halides is 2. The number of nitriles is 1. The van der Waals surface area contributed by atoms with Gasteiger partial charge in [0.2, 0.25) is 0 Å². The molecule has 94 valence electrons. The van der Waals surface area contributed by atoms with Gasteiger partial charge in [-0.3, -0.25) is 4.79 Å². The molecule has 0 atom stereocenters. The highest BCUT2D eigenvalue weighted by molar-refractivity contribution is 6.01. The van der Waals surface area contributed by atoms with Crippen LogP contribution in [0.2, 0.25) is 0 Å². The van der Waals surface area contributed by atoms with E-state index in [1.54, 1.807) is 6.07 Å². The quantitative estimate of drug-likeness (QED) is 0.605. The fourth-order valence-electron chi connectivity index (χ4n) is 1.30. The number of esters is 1. The van der Waals surface area contributed by atoms with Crippen molar-refractivity contribution >= 4 is 12.3 Å². The first kappa shape index (κ1) is 13.6. The number of rotatable bonds is 4. The lowest BCUT2D eigenvalue weighted by Gasteiger charge is -2.11. The van der Waals surface area contributed by atoms with Crippen LogP contribution in [0, 0.1) is 11.3 Å². The van der Waals surface area contributed by atoms with Crippen molar-refractivity contribution < 1.29 is 27.8 Å². The molecule has 7 heteroatoms. The second-order valence-corrected chi connectivity index (χ2v) is 3.04. The molecule has 18 heavy (non-hydrogen) atoms. The Morgan fingerprint density at radius 1 is 1.50 bits per heavy atom. The van der Waals surface area contributed by atoms with Crippen LogP contribution in [0.3, 0.4) is 0 Å². The molecule has 0 fully saturated rings. The van der Waals surface area contributed by atoms with Crippen molar-refractivity contribution in [2.45, 2.75) is 6.61 Å². The Bertz CT molecular complexity index is 523. The molecule has 0 N–H and O–H groups in total. The van der Waals surface area contributed by atoms with E-state index in [0.29, 0.717) is 0 Å². The second kappa shape index (κ2) is 5.72. The van der Waals surface area contributed by atoms with Gasteiger partial charge in [0.25, 0.3) is 0 Å². The van der Waals surface area contributed by atoms with Crippen molar-refractivity contribution in [3.63, 3.8) is 0 Å². The number of benzene rings is 1. The predicted molar refractivity (Wildman–Crippen MR) is 54.5 cm³/mol. The zero-order chi connectivity index (χ0) is 13.7. The molecule has 0 saturated heterocycles. The van der Waals surface area contributed by atoms with Crippen molar-refractivity contribution in [3.05, 3.63) is 28.8 Å². The average molecular weight is 255 g/mol. The Morgan fingerprint density at radius 2 is 2.17 bits per heavy atom. The molecule has 0 amide bonds. The molecule has 1 rings (SSSR count). The van der Waals surface area contributed by atoms with Crippen LogP contribution in [0.5, 0.6) is 5.75 Å². The molecule has 0 bridgehead atoms. The normalized spacial score (nSPS) is 9.72. The largest absolute Gasteiger partial charge is 0.465 e. The smallest absolute Gasteiger partial charge is 0.387 e. The minimum absolute atomic E-state index is 0.0830. The predicted octanol–water partition coefficient (Wildman–Crippen LogP) is 1.76. The first-order valence-electron chi connectivity index (χ1n) is 4.60. The fourth-order valence-corrected chi connectivity index (χ4v) is 1.30. The summed E-state index contributed by atoms with van der Waals surface area (Å²) in [6.45, 7) is -3.19. The highest BCUT2D eigenvalue weighted by Crippen LogP contribution is 2.26. The van der Waals surface area contributed by atoms with Gasteiger partial charge in [0.1, 0.15) is 11.3 Å². The van der Waals surface area contributed by atoms with E-state index in [-0.39, 0.29) is 17.4 Å². The molecule has 0 aliphatic carbocycles. The van der Waals surface area contributed by atoms with Crippen LogP contribution in [-0.2, 0) is 4.74 Å². The first-order chi connectivity index (χ1) is 8.53. The minimum Gasteiger partial charge on any atom is -0.465 e. The average Bonchev–Trinajstić information content (AvgIpc) is 2.36. The van der Waals surface area contributed by atoms with E-state index in [0.717, 1.165) is 19.2 Å². The molecule has 0 heterocycles. The lowest BCUT2D eigenvalue weighted by Crippen LogP contribution is -2.12. The number of ether oxygens (including phenoxy) is 2. The van der Waals surface area contributed by atoms with Gasteiger partial charge in [-0.2, -0.15) is 14.0 Å². The number of nitrogens with zero attached hydrogens (tertiary/aromatic N) is 1. The van der Waals surface area contributed by atoms with E-state index in [4.69, 9.17) is 5.26 Å². The molecular weight excluding hydrogens is 248 g/mol. The molecule has 0 aliphatic rings. The van der Waals surface area contributed by atoms with Gasteiger partial charge in [-0.25, -0.2) is 4.79 Å². The van der Waals surface area contributed by atoms with E-state index < -0.39 is 23.9 Å². The summed E-state index contributed by atoms with van der Waals surface area (Å²) >= 11 is 0. The SMILES string of the molecule is COC(=O)c1c(C=O)cc(C#N)cc1OC(F)F. The highest BCUT2D eigenvalue weighted by atomic mass is 19.3. The number of hydrogen-bond acceptors (Lipinski definition) is 5. The number of carbonyl (C=O) groups excluding carboxylic acids is 2. The van der Waals surface area contributed by atoms with Crippen molar-refractivity contribution in [3.8, 4) is 11.8 Å². The van der Waals surface area contributed by atoms with E-state index in [9.17, 15) is 18.4 Å². The van der Waals surface area contributed by atoms with E-state index in [2.05, 4.69) is 9.47 Å². The van der Waals surface area contributed by atoms with Gasteiger partial charge in [0.15, 0.2) is 6.29 Å². The molecule has 0 radical (unpaired) electrons. The zero-order valence-corrected chi connectivity index (χ0v) is 9.15. The molecule has 5 nitrogen and oxygen atoms in total. The van der Waals surface area contributed by atoms with Gasteiger partial charge in [-0.1, -0.05) is 0 Å².